The van der Waals surface area contributed by atoms with Gasteiger partial charge in [0.25, 0.3) is 17.7 Å². The van der Waals surface area contributed by atoms with Crippen LogP contribution in [0.1, 0.15) is 77.6 Å². The molecule has 2 aromatic heterocycles. The first-order chi connectivity index (χ1) is 33.2. The van der Waals surface area contributed by atoms with Gasteiger partial charge in [-0.3, -0.25) is 29.2 Å². The van der Waals surface area contributed by atoms with Gasteiger partial charge >= 0.3 is 5.97 Å². The number of fused-ring (bicyclic) bond motifs is 6. The fourth-order valence-corrected chi connectivity index (χ4v) is 10.1. The average Bonchev–Trinajstić information content (AvgIpc) is 3.87. The maximum absolute atomic E-state index is 14.8. The topological polar surface area (TPSA) is 240 Å². The first-order valence-corrected chi connectivity index (χ1v) is 23.7. The SMILES string of the molecule is C/C=C(\C#N)C(=O)N1CCC(O)(C(=O)N(C)[C@H](C(=O)N[C@H]2Cc3cc(O)cc(c3)-c3ccc4c(c3)c(c(-c3cccnc3COC)n4CC)CC(C)(C)COC(=O)[C@@]3(O)CCCN(N3)C2=O)C(C)C)C1. The number of rotatable bonds is 10. The maximum Gasteiger partial charge on any atom is 0.355 e. The number of pyridine rings is 1. The number of aliphatic hydroxyl groups is 2. The van der Waals surface area contributed by atoms with Crippen molar-refractivity contribution < 1.29 is 48.8 Å². The van der Waals surface area contributed by atoms with Crippen molar-refractivity contribution in [1.82, 2.24) is 35.1 Å². The lowest BCUT2D eigenvalue weighted by Crippen LogP contribution is -2.67. The van der Waals surface area contributed by atoms with Crippen LogP contribution in [0.2, 0.25) is 0 Å². The van der Waals surface area contributed by atoms with Crippen LogP contribution in [-0.2, 0) is 59.4 Å². The summed E-state index contributed by atoms with van der Waals surface area (Å²) in [5.74, 6) is -4.55. The summed E-state index contributed by atoms with van der Waals surface area (Å²) in [6.45, 7) is 11.4. The number of hydrogen-bond acceptors (Lipinski definition) is 13. The number of methoxy groups -OCH3 is 1. The van der Waals surface area contributed by atoms with Crippen LogP contribution in [0, 0.1) is 22.7 Å². The van der Waals surface area contributed by atoms with Crippen LogP contribution in [-0.4, -0.2) is 133 Å². The van der Waals surface area contributed by atoms with Crippen LogP contribution >= 0.6 is 0 Å². The van der Waals surface area contributed by atoms with Crippen LogP contribution in [0.4, 0.5) is 0 Å². The van der Waals surface area contributed by atoms with Gasteiger partial charge < -0.3 is 44.5 Å². The van der Waals surface area contributed by atoms with Crippen molar-refractivity contribution >= 4 is 40.5 Å². The summed E-state index contributed by atoms with van der Waals surface area (Å²) in [5, 5.41) is 49.1. The molecule has 2 saturated heterocycles. The number of phenols is 1. The summed E-state index contributed by atoms with van der Waals surface area (Å²) in [6, 6.07) is 14.1. The second kappa shape index (κ2) is 20.4. The molecule has 5 N–H and O–H groups in total. The molecule has 2 aromatic carbocycles. The number of β-amino-alcohol motifs (C(OH)–C–C–N with tert-alkyl or cyclic N) is 1. The number of hydrogen-bond donors (Lipinski definition) is 5. The largest absolute Gasteiger partial charge is 0.508 e. The molecule has 0 radical (unpaired) electrons. The van der Waals surface area contributed by atoms with E-state index in [-0.39, 0.29) is 63.3 Å². The number of benzene rings is 2. The van der Waals surface area contributed by atoms with Crippen molar-refractivity contribution in [2.45, 2.75) is 110 Å². The van der Waals surface area contributed by atoms with Crippen LogP contribution in [0.5, 0.6) is 5.75 Å². The quantitative estimate of drug-likeness (QED) is 0.0855. The number of carbonyl (C=O) groups is 5. The number of nitrogens with zero attached hydrogens (tertiary/aromatic N) is 6. The Labute approximate surface area is 407 Å². The summed E-state index contributed by atoms with van der Waals surface area (Å²) in [4.78, 5) is 77.5. The van der Waals surface area contributed by atoms with Gasteiger partial charge in [-0.2, -0.15) is 10.7 Å². The molecule has 4 amide bonds. The molecule has 6 bridgehead atoms. The number of cyclic esters (lactones) is 1. The number of esters is 1. The van der Waals surface area contributed by atoms with Crippen molar-refractivity contribution in [1.29, 1.82) is 5.26 Å². The number of likely N-dealkylation sites (N-methyl/N-ethyl adjacent to an activating group) is 1. The molecule has 70 heavy (non-hydrogen) atoms. The van der Waals surface area contributed by atoms with Gasteiger partial charge in [-0.05, 0) is 91.3 Å². The predicted octanol–water partition coefficient (Wildman–Crippen LogP) is 4.13. The first kappa shape index (κ1) is 51.2. The van der Waals surface area contributed by atoms with Gasteiger partial charge in [0.1, 0.15) is 29.5 Å². The van der Waals surface area contributed by atoms with Gasteiger partial charge in [0.15, 0.2) is 5.60 Å². The molecule has 18 nitrogen and oxygen atoms in total. The highest BCUT2D eigenvalue weighted by Crippen LogP contribution is 2.41. The lowest BCUT2D eigenvalue weighted by molar-refractivity contribution is -0.189. The summed E-state index contributed by atoms with van der Waals surface area (Å²) in [7, 11) is 2.98. The van der Waals surface area contributed by atoms with E-state index in [0.717, 1.165) is 48.9 Å². The van der Waals surface area contributed by atoms with E-state index in [2.05, 4.69) is 33.3 Å². The fraction of sp³-hybridized carbons (Fsp3) is 0.481. The number of ether oxygens (including phenoxy) is 2. The number of nitriles is 1. The second-order valence-electron chi connectivity index (χ2n) is 19.8. The monoisotopic (exact) mass is 960 g/mol. The van der Waals surface area contributed by atoms with Crippen LogP contribution in [0.15, 0.2) is 66.4 Å². The number of likely N-dealkylation sites (tertiary alicyclic amines) is 1. The van der Waals surface area contributed by atoms with Gasteiger partial charge in [-0.15, -0.1) is 0 Å². The van der Waals surface area contributed by atoms with Crippen molar-refractivity contribution in [3.05, 3.63) is 83.2 Å². The maximum atomic E-state index is 14.8. The highest BCUT2D eigenvalue weighted by Gasteiger charge is 2.49. The number of allylic oxidation sites excluding steroid dienone is 1. The first-order valence-electron chi connectivity index (χ1n) is 23.7. The molecule has 4 aromatic rings. The van der Waals surface area contributed by atoms with E-state index in [9.17, 15) is 44.6 Å². The highest BCUT2D eigenvalue weighted by atomic mass is 16.6. The van der Waals surface area contributed by atoms with Gasteiger partial charge in [0.2, 0.25) is 11.6 Å². The molecule has 0 spiro atoms. The lowest BCUT2D eigenvalue weighted by atomic mass is 9.84. The summed E-state index contributed by atoms with van der Waals surface area (Å²) in [6.07, 6.45) is 3.31. The molecule has 0 saturated carbocycles. The van der Waals surface area contributed by atoms with Crippen LogP contribution in [0.3, 0.4) is 0 Å². The third-order valence-corrected chi connectivity index (χ3v) is 13.6. The minimum absolute atomic E-state index is 0.00187. The lowest BCUT2D eigenvalue weighted by Gasteiger charge is -2.40. The normalized spacial score (nSPS) is 22.3. The van der Waals surface area contributed by atoms with Crippen molar-refractivity contribution in [2.24, 2.45) is 11.3 Å². The third kappa shape index (κ3) is 10.2. The summed E-state index contributed by atoms with van der Waals surface area (Å²) in [5.41, 5.74) is 3.82. The van der Waals surface area contributed by atoms with E-state index in [0.29, 0.717) is 24.1 Å². The average molecular weight is 961 g/mol. The Bertz CT molecular complexity index is 2780. The van der Waals surface area contributed by atoms with Gasteiger partial charge in [0.05, 0.1) is 31.1 Å². The van der Waals surface area contributed by atoms with Crippen molar-refractivity contribution in [2.75, 3.05) is 40.4 Å². The molecule has 18 heteroatoms. The number of phenolic OH excluding ortho intramolecular Hbond substituents is 1. The van der Waals surface area contributed by atoms with Gasteiger partial charge in [-0.25, -0.2) is 4.79 Å². The molecule has 1 unspecified atom stereocenters. The van der Waals surface area contributed by atoms with Gasteiger partial charge in [-0.1, -0.05) is 45.9 Å². The third-order valence-electron chi connectivity index (χ3n) is 13.6. The molecule has 3 aliphatic rings. The van der Waals surface area contributed by atoms with E-state index in [1.54, 1.807) is 33.2 Å². The van der Waals surface area contributed by atoms with Gasteiger partial charge in [0, 0.05) is 81.1 Å². The zero-order valence-electron chi connectivity index (χ0n) is 41.2. The smallest absolute Gasteiger partial charge is 0.355 e. The molecule has 7 rings (SSSR count). The Balaban J connectivity index is 1.30. The predicted molar refractivity (Wildman–Crippen MR) is 259 cm³/mol. The molecule has 3 aliphatic heterocycles. The molecule has 2 fully saturated rings. The zero-order valence-corrected chi connectivity index (χ0v) is 41.2. The number of carbonyl (C=O) groups excluding carboxylic acids is 5. The Morgan fingerprint density at radius 1 is 1.10 bits per heavy atom. The number of nitrogens with one attached hydrogen (secondary N) is 2. The second-order valence-corrected chi connectivity index (χ2v) is 19.8. The minimum atomic E-state index is -2.31. The number of aryl methyl sites for hydroxylation is 1. The summed E-state index contributed by atoms with van der Waals surface area (Å²) < 4.78 is 13.7. The molecule has 372 valence electrons. The molecular weight excluding hydrogens is 897 g/mol. The van der Waals surface area contributed by atoms with Crippen molar-refractivity contribution in [3.8, 4) is 34.2 Å². The van der Waals surface area contributed by atoms with Crippen LogP contribution in [0.25, 0.3) is 33.3 Å². The molecule has 0 aliphatic carbocycles. The molecule has 4 atom stereocenters. The highest BCUT2D eigenvalue weighted by molar-refractivity contribution is 5.99. The Morgan fingerprint density at radius 2 is 1.86 bits per heavy atom. The molecular formula is C52H64N8O10. The van der Waals surface area contributed by atoms with Crippen molar-refractivity contribution in [3.63, 3.8) is 0 Å². The number of amides is 4. The number of aromatic hydroxyl groups is 1. The Morgan fingerprint density at radius 3 is 2.54 bits per heavy atom. The van der Waals surface area contributed by atoms with E-state index in [4.69, 9.17) is 9.47 Å². The zero-order chi connectivity index (χ0) is 50.9. The number of hydrazine groups is 1. The standard InChI is InChI=1S/C52H64N8O10/c1-9-33(27-53)46(63)58-20-17-51(67,29-58)48(65)57(7)43(31(3)4)45(62)55-40-23-32-21-35(24-36(61)22-32)34-14-15-42-38(25-34)39(44(59(42)10-2)37-13-11-18-54-41(37)28-69-8)26-50(5,6)30-70-49(66)52(68)16-12-19-60(56-52)47(40)64/h9,11,13-15,18,21-22,24-25,31,40,43,56,61,67-68H,10,12,16-17,19-20,23,26,28-30H2,1-8H3,(H,55,62)/b33-9+/t40-,43-,51?,52-/m0/s1. The minimum Gasteiger partial charge on any atom is -0.508 e. The number of aromatic nitrogens is 2. The fourth-order valence-electron chi connectivity index (χ4n) is 10.1. The van der Waals surface area contributed by atoms with E-state index in [1.165, 1.54) is 31.0 Å². The Kier molecular flexibility index (Phi) is 14.9. The van der Waals surface area contributed by atoms with E-state index in [1.807, 2.05) is 50.2 Å². The van der Waals surface area contributed by atoms with E-state index >= 15 is 0 Å². The molecule has 5 heterocycles. The Hall–Kier alpha value is -6.65. The summed E-state index contributed by atoms with van der Waals surface area (Å²) >= 11 is 0. The van der Waals surface area contributed by atoms with E-state index < -0.39 is 70.9 Å². The van der Waals surface area contributed by atoms with Crippen LogP contribution < -0.4 is 10.7 Å².